The number of hydrogen-bond donors (Lipinski definition) is 1. The van der Waals surface area contributed by atoms with Gasteiger partial charge >= 0.3 is 0 Å². The van der Waals surface area contributed by atoms with E-state index in [2.05, 4.69) is 5.10 Å². The second-order valence-electron chi connectivity index (χ2n) is 3.84. The SMILES string of the molecule is CCn1nc(-c2ccc(Cl)cc2)cc(CO)c1=O. The standard InChI is InChI=1S/C13H13ClN2O2/c1-2-16-13(18)10(8-17)7-12(15-16)9-3-5-11(14)6-4-9/h3-7,17H,2,8H2,1H3. The van der Waals surface area contributed by atoms with Crippen molar-refractivity contribution in [1.82, 2.24) is 9.78 Å². The van der Waals surface area contributed by atoms with Gasteiger partial charge in [-0.15, -0.1) is 0 Å². The molecule has 4 nitrogen and oxygen atoms in total. The molecule has 1 aromatic heterocycles. The maximum atomic E-state index is 11.8. The maximum absolute atomic E-state index is 11.8. The summed E-state index contributed by atoms with van der Waals surface area (Å²) >= 11 is 5.83. The van der Waals surface area contributed by atoms with Crippen molar-refractivity contribution in [3.05, 3.63) is 51.3 Å². The Bertz CT molecular complexity index is 577. The quantitative estimate of drug-likeness (QED) is 0.923. The van der Waals surface area contributed by atoms with E-state index in [9.17, 15) is 9.90 Å². The van der Waals surface area contributed by atoms with Crippen molar-refractivity contribution < 1.29 is 5.11 Å². The summed E-state index contributed by atoms with van der Waals surface area (Å²) in [6.45, 7) is 2.01. The van der Waals surface area contributed by atoms with Gasteiger partial charge in [-0.2, -0.15) is 5.10 Å². The highest BCUT2D eigenvalue weighted by molar-refractivity contribution is 6.30. The second kappa shape index (κ2) is 5.33. The van der Waals surface area contributed by atoms with Gasteiger partial charge in [0.1, 0.15) is 0 Å². The Morgan fingerprint density at radius 3 is 2.56 bits per heavy atom. The molecule has 1 heterocycles. The minimum atomic E-state index is -0.290. The van der Waals surface area contributed by atoms with Crippen LogP contribution in [0.25, 0.3) is 11.3 Å². The zero-order chi connectivity index (χ0) is 13.1. The summed E-state index contributed by atoms with van der Waals surface area (Å²) in [7, 11) is 0. The fourth-order valence-corrected chi connectivity index (χ4v) is 1.81. The van der Waals surface area contributed by atoms with Crippen LogP contribution in [0.3, 0.4) is 0 Å². The Kier molecular flexibility index (Phi) is 3.79. The van der Waals surface area contributed by atoms with Crippen molar-refractivity contribution in [2.75, 3.05) is 0 Å². The topological polar surface area (TPSA) is 55.1 Å². The normalized spacial score (nSPS) is 10.6. The molecule has 0 aliphatic heterocycles. The van der Waals surface area contributed by atoms with E-state index in [0.717, 1.165) is 5.56 Å². The number of hydrogen-bond acceptors (Lipinski definition) is 3. The van der Waals surface area contributed by atoms with Crippen molar-refractivity contribution >= 4 is 11.6 Å². The van der Waals surface area contributed by atoms with Crippen LogP contribution in [-0.2, 0) is 13.2 Å². The molecular formula is C13H13ClN2O2. The van der Waals surface area contributed by atoms with Gasteiger partial charge in [0.25, 0.3) is 5.56 Å². The van der Waals surface area contributed by atoms with Crippen molar-refractivity contribution in [2.24, 2.45) is 0 Å². The number of aliphatic hydroxyl groups is 1. The smallest absolute Gasteiger partial charge is 0.272 e. The number of nitrogens with zero attached hydrogens (tertiary/aromatic N) is 2. The van der Waals surface area contributed by atoms with Crippen LogP contribution in [0.1, 0.15) is 12.5 Å². The van der Waals surface area contributed by atoms with E-state index in [0.29, 0.717) is 22.8 Å². The van der Waals surface area contributed by atoms with E-state index in [4.69, 9.17) is 11.6 Å². The molecule has 2 aromatic rings. The lowest BCUT2D eigenvalue weighted by atomic mass is 10.1. The van der Waals surface area contributed by atoms with Crippen LogP contribution >= 0.6 is 11.6 Å². The first-order valence-electron chi connectivity index (χ1n) is 5.63. The molecule has 1 N–H and O–H groups in total. The number of halogens is 1. The highest BCUT2D eigenvalue weighted by Gasteiger charge is 2.08. The van der Waals surface area contributed by atoms with Crippen LogP contribution in [0.15, 0.2) is 35.1 Å². The van der Waals surface area contributed by atoms with Crippen LogP contribution in [0.4, 0.5) is 0 Å². The Hall–Kier alpha value is -1.65. The van der Waals surface area contributed by atoms with E-state index in [1.54, 1.807) is 18.2 Å². The summed E-state index contributed by atoms with van der Waals surface area (Å²) in [6.07, 6.45) is 0. The lowest BCUT2D eigenvalue weighted by Gasteiger charge is -2.08. The first kappa shape index (κ1) is 12.8. The molecule has 0 aliphatic rings. The maximum Gasteiger partial charge on any atom is 0.272 e. The Morgan fingerprint density at radius 2 is 2.00 bits per heavy atom. The van der Waals surface area contributed by atoms with Gasteiger partial charge in [-0.05, 0) is 25.1 Å². The van der Waals surface area contributed by atoms with Gasteiger partial charge in [-0.25, -0.2) is 4.68 Å². The molecule has 94 valence electrons. The number of aliphatic hydroxyl groups excluding tert-OH is 1. The second-order valence-corrected chi connectivity index (χ2v) is 4.28. The summed E-state index contributed by atoms with van der Waals surface area (Å²) in [4.78, 5) is 11.8. The number of aromatic nitrogens is 2. The summed E-state index contributed by atoms with van der Waals surface area (Å²) in [5.74, 6) is 0. The van der Waals surface area contributed by atoms with Gasteiger partial charge in [0, 0.05) is 22.7 Å². The molecule has 1 aromatic carbocycles. The van der Waals surface area contributed by atoms with Crippen LogP contribution in [0.5, 0.6) is 0 Å². The summed E-state index contributed by atoms with van der Waals surface area (Å²) in [5, 5.41) is 14.1. The third-order valence-corrected chi connectivity index (χ3v) is 2.91. The summed E-state index contributed by atoms with van der Waals surface area (Å²) < 4.78 is 1.34. The summed E-state index contributed by atoms with van der Waals surface area (Å²) in [5.41, 5.74) is 1.60. The highest BCUT2D eigenvalue weighted by Crippen LogP contribution is 2.19. The van der Waals surface area contributed by atoms with Crippen LogP contribution in [0, 0.1) is 0 Å². The van der Waals surface area contributed by atoms with Gasteiger partial charge in [0.2, 0.25) is 0 Å². The molecule has 18 heavy (non-hydrogen) atoms. The van der Waals surface area contributed by atoms with Crippen molar-refractivity contribution in [2.45, 2.75) is 20.1 Å². The van der Waals surface area contributed by atoms with Crippen molar-refractivity contribution in [3.8, 4) is 11.3 Å². The lowest BCUT2D eigenvalue weighted by molar-refractivity contribution is 0.278. The van der Waals surface area contributed by atoms with E-state index < -0.39 is 0 Å². The third-order valence-electron chi connectivity index (χ3n) is 2.66. The van der Waals surface area contributed by atoms with Crippen molar-refractivity contribution in [3.63, 3.8) is 0 Å². The monoisotopic (exact) mass is 264 g/mol. The molecule has 5 heteroatoms. The van der Waals surface area contributed by atoms with Gasteiger partial charge in [-0.1, -0.05) is 23.7 Å². The molecule has 0 radical (unpaired) electrons. The molecule has 0 amide bonds. The Morgan fingerprint density at radius 1 is 1.33 bits per heavy atom. The molecular weight excluding hydrogens is 252 g/mol. The molecule has 2 rings (SSSR count). The number of benzene rings is 1. The van der Waals surface area contributed by atoms with Crippen molar-refractivity contribution in [1.29, 1.82) is 0 Å². The Balaban J connectivity index is 2.57. The molecule has 0 saturated carbocycles. The summed E-state index contributed by atoms with van der Waals surface area (Å²) in [6, 6.07) is 8.79. The fourth-order valence-electron chi connectivity index (χ4n) is 1.69. The number of aryl methyl sites for hydroxylation is 1. The fraction of sp³-hybridized carbons (Fsp3) is 0.231. The van der Waals surface area contributed by atoms with E-state index in [1.165, 1.54) is 4.68 Å². The van der Waals surface area contributed by atoms with Gasteiger partial charge in [0.15, 0.2) is 0 Å². The van der Waals surface area contributed by atoms with Gasteiger partial charge in [0.05, 0.1) is 12.3 Å². The van der Waals surface area contributed by atoms with E-state index >= 15 is 0 Å². The molecule has 0 fully saturated rings. The third kappa shape index (κ3) is 2.44. The molecule has 0 bridgehead atoms. The molecule has 0 spiro atoms. The first-order valence-corrected chi connectivity index (χ1v) is 6.01. The minimum Gasteiger partial charge on any atom is -0.391 e. The first-order chi connectivity index (χ1) is 8.65. The highest BCUT2D eigenvalue weighted by atomic mass is 35.5. The molecule has 0 atom stereocenters. The molecule has 0 saturated heterocycles. The average molecular weight is 265 g/mol. The predicted octanol–water partition coefficient (Wildman–Crippen LogP) is 2.08. The molecule has 0 unspecified atom stereocenters. The zero-order valence-electron chi connectivity index (χ0n) is 9.93. The van der Waals surface area contributed by atoms with Gasteiger partial charge < -0.3 is 5.11 Å². The zero-order valence-corrected chi connectivity index (χ0v) is 10.7. The van der Waals surface area contributed by atoms with E-state index in [1.807, 2.05) is 19.1 Å². The predicted molar refractivity (Wildman–Crippen MR) is 70.5 cm³/mol. The molecule has 0 aliphatic carbocycles. The van der Waals surface area contributed by atoms with Crippen LogP contribution in [0.2, 0.25) is 5.02 Å². The minimum absolute atomic E-state index is 0.252. The Labute approximate surface area is 109 Å². The van der Waals surface area contributed by atoms with Crippen LogP contribution in [-0.4, -0.2) is 14.9 Å². The van der Waals surface area contributed by atoms with E-state index in [-0.39, 0.29) is 12.2 Å². The largest absolute Gasteiger partial charge is 0.391 e. The van der Waals surface area contributed by atoms with Crippen LogP contribution < -0.4 is 5.56 Å². The average Bonchev–Trinajstić information content (AvgIpc) is 2.40. The van der Waals surface area contributed by atoms with Gasteiger partial charge in [-0.3, -0.25) is 4.79 Å². The number of rotatable bonds is 3. The lowest BCUT2D eigenvalue weighted by Crippen LogP contribution is -2.26.